The Morgan fingerprint density at radius 1 is 1.27 bits per heavy atom. The number of carbonyl (C=O) groups excluding carboxylic acids is 2. The summed E-state index contributed by atoms with van der Waals surface area (Å²) in [6.07, 6.45) is -0.732. The highest BCUT2D eigenvalue weighted by Gasteiger charge is 2.50. The lowest BCUT2D eigenvalue weighted by Gasteiger charge is -2.26. The van der Waals surface area contributed by atoms with Crippen molar-refractivity contribution < 1.29 is 22.7 Å². The molecule has 12 heteroatoms. The number of alkyl carbamates (subject to hydrolysis) is 1. The first kappa shape index (κ1) is 23.2. The van der Waals surface area contributed by atoms with Gasteiger partial charge in [-0.1, -0.05) is 41.0 Å². The number of halogens is 2. The Morgan fingerprint density at radius 3 is 2.50 bits per heavy atom. The van der Waals surface area contributed by atoms with Crippen molar-refractivity contribution in [2.24, 2.45) is 4.99 Å². The van der Waals surface area contributed by atoms with Gasteiger partial charge in [0.1, 0.15) is 12.1 Å². The second-order valence-electron chi connectivity index (χ2n) is 7.88. The molecule has 1 aromatic rings. The number of benzene rings is 1. The molecule has 2 fully saturated rings. The summed E-state index contributed by atoms with van der Waals surface area (Å²) < 4.78 is 29.4. The van der Waals surface area contributed by atoms with Gasteiger partial charge in [-0.3, -0.25) is 4.79 Å². The SMILES string of the molecule is CC(C)(C)OC(=O)NCC(=O)N=C1S[C@@H]2CS(=O)(=O)C[C@@H]2N1c1c(Cl)cccc1Cl. The summed E-state index contributed by atoms with van der Waals surface area (Å²) in [6.45, 7) is 4.77. The molecule has 0 saturated carbocycles. The first-order valence-electron chi connectivity index (χ1n) is 9.05. The molecule has 164 valence electrons. The van der Waals surface area contributed by atoms with Gasteiger partial charge in [-0.25, -0.2) is 13.2 Å². The molecule has 2 heterocycles. The molecule has 2 amide bonds. The monoisotopic (exact) mass is 493 g/mol. The Balaban J connectivity index is 1.84. The third kappa shape index (κ3) is 5.40. The van der Waals surface area contributed by atoms with Gasteiger partial charge in [-0.2, -0.15) is 4.99 Å². The second kappa shape index (κ2) is 8.57. The number of anilines is 1. The van der Waals surface area contributed by atoms with Crippen molar-refractivity contribution in [2.45, 2.75) is 37.7 Å². The number of amidine groups is 1. The van der Waals surface area contributed by atoms with E-state index < -0.39 is 33.5 Å². The van der Waals surface area contributed by atoms with Crippen molar-refractivity contribution in [1.82, 2.24) is 5.32 Å². The molecule has 2 atom stereocenters. The molecule has 0 radical (unpaired) electrons. The van der Waals surface area contributed by atoms with Gasteiger partial charge in [0, 0.05) is 5.25 Å². The third-order valence-corrected chi connectivity index (χ3v) is 8.07. The highest BCUT2D eigenvalue weighted by Crippen LogP contribution is 2.45. The fraction of sp³-hybridized carbons (Fsp3) is 0.500. The molecule has 0 unspecified atom stereocenters. The van der Waals surface area contributed by atoms with Crippen LogP contribution in [0, 0.1) is 0 Å². The molecule has 30 heavy (non-hydrogen) atoms. The molecule has 2 aliphatic heterocycles. The fourth-order valence-electron chi connectivity index (χ4n) is 3.15. The lowest BCUT2D eigenvalue weighted by molar-refractivity contribution is -0.117. The van der Waals surface area contributed by atoms with E-state index in [0.717, 1.165) is 0 Å². The molecule has 2 aliphatic rings. The van der Waals surface area contributed by atoms with E-state index in [2.05, 4.69) is 10.3 Å². The fourth-order valence-corrected chi connectivity index (χ4v) is 7.65. The molecular formula is C18H21Cl2N3O5S2. The maximum absolute atomic E-state index is 12.4. The lowest BCUT2D eigenvalue weighted by atomic mass is 10.2. The number of amides is 2. The number of carbonyl (C=O) groups is 2. The highest BCUT2D eigenvalue weighted by molar-refractivity contribution is 8.16. The van der Waals surface area contributed by atoms with Gasteiger partial charge in [0.15, 0.2) is 15.0 Å². The van der Waals surface area contributed by atoms with Crippen LogP contribution in [0.5, 0.6) is 0 Å². The predicted octanol–water partition coefficient (Wildman–Crippen LogP) is 3.12. The van der Waals surface area contributed by atoms with E-state index in [0.29, 0.717) is 20.9 Å². The molecule has 0 spiro atoms. The minimum absolute atomic E-state index is 0.0235. The van der Waals surface area contributed by atoms with Crippen molar-refractivity contribution in [3.63, 3.8) is 0 Å². The number of hydrogen-bond acceptors (Lipinski definition) is 6. The minimum Gasteiger partial charge on any atom is -0.444 e. The van der Waals surface area contributed by atoms with Gasteiger partial charge in [-0.15, -0.1) is 0 Å². The van der Waals surface area contributed by atoms with Gasteiger partial charge in [0.25, 0.3) is 5.91 Å². The first-order valence-corrected chi connectivity index (χ1v) is 12.5. The summed E-state index contributed by atoms with van der Waals surface area (Å²) >= 11 is 13.9. The van der Waals surface area contributed by atoms with Crippen LogP contribution in [-0.4, -0.2) is 60.5 Å². The Kier molecular flexibility index (Phi) is 6.62. The van der Waals surface area contributed by atoms with Crippen LogP contribution < -0.4 is 10.2 Å². The summed E-state index contributed by atoms with van der Waals surface area (Å²) in [5.74, 6) is -0.723. The molecule has 2 saturated heterocycles. The largest absolute Gasteiger partial charge is 0.444 e. The van der Waals surface area contributed by atoms with Gasteiger partial charge in [0.05, 0.1) is 33.3 Å². The van der Waals surface area contributed by atoms with E-state index in [4.69, 9.17) is 27.9 Å². The maximum Gasteiger partial charge on any atom is 0.408 e. The van der Waals surface area contributed by atoms with Crippen LogP contribution in [0.25, 0.3) is 0 Å². The summed E-state index contributed by atoms with van der Waals surface area (Å²) in [6, 6.07) is 4.50. The molecular weight excluding hydrogens is 473 g/mol. The van der Waals surface area contributed by atoms with Crippen LogP contribution in [0.4, 0.5) is 10.5 Å². The van der Waals surface area contributed by atoms with Crippen molar-refractivity contribution in [3.8, 4) is 0 Å². The number of nitrogens with one attached hydrogen (secondary N) is 1. The number of fused-ring (bicyclic) bond motifs is 1. The molecule has 0 aliphatic carbocycles. The van der Waals surface area contributed by atoms with E-state index in [9.17, 15) is 18.0 Å². The molecule has 1 aromatic carbocycles. The molecule has 1 N–H and O–H groups in total. The van der Waals surface area contributed by atoms with Gasteiger partial charge < -0.3 is 15.0 Å². The number of ether oxygens (including phenoxy) is 1. The summed E-state index contributed by atoms with van der Waals surface area (Å²) in [4.78, 5) is 29.9. The summed E-state index contributed by atoms with van der Waals surface area (Å²) in [5.41, 5.74) is -0.287. The van der Waals surface area contributed by atoms with Crippen LogP contribution >= 0.6 is 35.0 Å². The van der Waals surface area contributed by atoms with Crippen molar-refractivity contribution in [1.29, 1.82) is 0 Å². The number of nitrogens with zero attached hydrogens (tertiary/aromatic N) is 2. The highest BCUT2D eigenvalue weighted by atomic mass is 35.5. The zero-order valence-corrected chi connectivity index (χ0v) is 19.7. The number of para-hydroxylation sites is 1. The van der Waals surface area contributed by atoms with Crippen molar-refractivity contribution in [3.05, 3.63) is 28.2 Å². The maximum atomic E-state index is 12.4. The molecule has 0 bridgehead atoms. The van der Waals surface area contributed by atoms with Crippen LogP contribution in [0.3, 0.4) is 0 Å². The van der Waals surface area contributed by atoms with Crippen LogP contribution in [0.1, 0.15) is 20.8 Å². The zero-order valence-electron chi connectivity index (χ0n) is 16.5. The minimum atomic E-state index is -3.23. The van der Waals surface area contributed by atoms with Crippen molar-refractivity contribution >= 4 is 67.7 Å². The number of rotatable bonds is 3. The van der Waals surface area contributed by atoms with Crippen LogP contribution in [-0.2, 0) is 19.4 Å². The van der Waals surface area contributed by atoms with Crippen LogP contribution in [0.2, 0.25) is 10.0 Å². The standard InChI is InChI=1S/C18H21Cl2N3O5S2/c1-18(2,3)28-17(25)21-7-14(24)22-16-23(15-10(19)5-4-6-11(15)20)12-8-30(26,27)9-13(12)29-16/h4-6,12-13H,7-9H2,1-3H3,(H,21,25)/t12-,13+/m0/s1. The molecule has 8 nitrogen and oxygen atoms in total. The topological polar surface area (TPSA) is 105 Å². The predicted molar refractivity (Wildman–Crippen MR) is 119 cm³/mol. The van der Waals surface area contributed by atoms with E-state index in [1.807, 2.05) is 0 Å². The van der Waals surface area contributed by atoms with Crippen LogP contribution in [0.15, 0.2) is 23.2 Å². The number of aliphatic imine (C=N–C) groups is 1. The van der Waals surface area contributed by atoms with E-state index in [-0.39, 0.29) is 23.3 Å². The summed E-state index contributed by atoms with van der Waals surface area (Å²) in [5, 5.41) is 3.00. The first-order chi connectivity index (χ1) is 13.9. The van der Waals surface area contributed by atoms with Gasteiger partial charge >= 0.3 is 6.09 Å². The van der Waals surface area contributed by atoms with E-state index in [1.54, 1.807) is 43.9 Å². The van der Waals surface area contributed by atoms with Gasteiger partial charge in [0.2, 0.25) is 0 Å². The number of thioether (sulfide) groups is 1. The lowest BCUT2D eigenvalue weighted by Crippen LogP contribution is -2.39. The van der Waals surface area contributed by atoms with E-state index in [1.165, 1.54) is 11.8 Å². The average molecular weight is 494 g/mol. The number of sulfone groups is 1. The van der Waals surface area contributed by atoms with E-state index >= 15 is 0 Å². The summed E-state index contributed by atoms with van der Waals surface area (Å²) in [7, 11) is -3.23. The normalized spacial score (nSPS) is 24.0. The molecule has 0 aromatic heterocycles. The quantitative estimate of drug-likeness (QED) is 0.689. The molecule has 3 rings (SSSR count). The Hall–Kier alpha value is -1.49. The number of hydrogen-bond donors (Lipinski definition) is 1. The Labute approximate surface area is 189 Å². The second-order valence-corrected chi connectivity index (χ2v) is 12.1. The van der Waals surface area contributed by atoms with Crippen molar-refractivity contribution in [2.75, 3.05) is 23.0 Å². The van der Waals surface area contributed by atoms with Gasteiger partial charge in [-0.05, 0) is 32.9 Å². The Morgan fingerprint density at radius 2 is 1.90 bits per heavy atom. The average Bonchev–Trinajstić information content (AvgIpc) is 3.03. The smallest absolute Gasteiger partial charge is 0.408 e. The zero-order chi connectivity index (χ0) is 22.3. The Bertz CT molecular complexity index is 987. The third-order valence-electron chi connectivity index (χ3n) is 4.25.